The van der Waals surface area contributed by atoms with Crippen LogP contribution >= 0.6 is 11.6 Å². The van der Waals surface area contributed by atoms with Gasteiger partial charge in [-0.3, -0.25) is 4.79 Å². The number of benzene rings is 3. The summed E-state index contributed by atoms with van der Waals surface area (Å²) in [6.07, 6.45) is 2.04. The summed E-state index contributed by atoms with van der Waals surface area (Å²) >= 11 is 6.01. The summed E-state index contributed by atoms with van der Waals surface area (Å²) in [5.41, 5.74) is 3.99. The Morgan fingerprint density at radius 2 is 1.74 bits per heavy atom. The van der Waals surface area contributed by atoms with Crippen LogP contribution in [0.15, 0.2) is 85.1 Å². The van der Waals surface area contributed by atoms with Gasteiger partial charge in [-0.25, -0.2) is 0 Å². The van der Waals surface area contributed by atoms with Crippen molar-refractivity contribution in [3.05, 3.63) is 107 Å². The van der Waals surface area contributed by atoms with Crippen molar-refractivity contribution in [2.24, 2.45) is 0 Å². The molecule has 0 saturated heterocycles. The SMILES string of the molecule is O=C(NC[C@H](c1ccccc1)c1c[nH]c2ccccc12)c1cccc(Cl)c1. The van der Waals surface area contributed by atoms with Crippen LogP contribution in [-0.2, 0) is 0 Å². The van der Waals surface area contributed by atoms with Crippen LogP contribution in [0.1, 0.15) is 27.4 Å². The molecule has 0 unspecified atom stereocenters. The van der Waals surface area contributed by atoms with Crippen molar-refractivity contribution in [3.63, 3.8) is 0 Å². The third-order valence-corrected chi connectivity index (χ3v) is 4.99. The number of hydrogen-bond acceptors (Lipinski definition) is 1. The standard InChI is InChI=1S/C23H19ClN2O/c24-18-10-6-9-17(13-18)23(27)26-14-20(16-7-2-1-3-8-16)21-15-25-22-12-5-4-11-19(21)22/h1-13,15,20,25H,14H2,(H,26,27)/t20-/m1/s1. The zero-order chi connectivity index (χ0) is 18.6. The fourth-order valence-electron chi connectivity index (χ4n) is 3.40. The van der Waals surface area contributed by atoms with Crippen LogP contribution in [0.5, 0.6) is 0 Å². The van der Waals surface area contributed by atoms with E-state index in [0.717, 1.165) is 11.1 Å². The van der Waals surface area contributed by atoms with Gasteiger partial charge in [-0.05, 0) is 35.4 Å². The summed E-state index contributed by atoms with van der Waals surface area (Å²) in [5, 5.41) is 4.79. The second-order valence-corrected chi connectivity index (χ2v) is 6.91. The maximum absolute atomic E-state index is 12.6. The predicted octanol–water partition coefficient (Wildman–Crippen LogP) is 5.38. The van der Waals surface area contributed by atoms with Crippen LogP contribution in [0.3, 0.4) is 0 Å². The van der Waals surface area contributed by atoms with Crippen molar-refractivity contribution >= 4 is 28.4 Å². The van der Waals surface area contributed by atoms with Crippen LogP contribution in [-0.4, -0.2) is 17.4 Å². The van der Waals surface area contributed by atoms with E-state index < -0.39 is 0 Å². The van der Waals surface area contributed by atoms with Gasteiger partial charge in [-0.1, -0.05) is 66.2 Å². The van der Waals surface area contributed by atoms with Crippen LogP contribution < -0.4 is 5.32 Å². The molecule has 0 radical (unpaired) electrons. The number of aromatic amines is 1. The van der Waals surface area contributed by atoms with E-state index in [-0.39, 0.29) is 11.8 Å². The molecule has 3 aromatic carbocycles. The van der Waals surface area contributed by atoms with E-state index in [1.165, 1.54) is 10.9 Å². The minimum atomic E-state index is -0.127. The van der Waals surface area contributed by atoms with Gasteiger partial charge in [0.1, 0.15) is 0 Å². The Morgan fingerprint density at radius 3 is 2.56 bits per heavy atom. The molecule has 1 amide bonds. The number of H-pyrrole nitrogens is 1. The molecule has 0 aliphatic rings. The molecule has 0 bridgehead atoms. The third-order valence-electron chi connectivity index (χ3n) is 4.75. The molecule has 4 rings (SSSR count). The number of amides is 1. The largest absolute Gasteiger partial charge is 0.361 e. The van der Waals surface area contributed by atoms with E-state index in [0.29, 0.717) is 17.1 Å². The number of aromatic nitrogens is 1. The van der Waals surface area contributed by atoms with Gasteiger partial charge in [0, 0.05) is 40.1 Å². The summed E-state index contributed by atoms with van der Waals surface area (Å²) in [6, 6.07) is 25.4. The average molecular weight is 375 g/mol. The van der Waals surface area contributed by atoms with Crippen LogP contribution in [0, 0.1) is 0 Å². The number of halogens is 1. The van der Waals surface area contributed by atoms with Gasteiger partial charge in [-0.2, -0.15) is 0 Å². The minimum absolute atomic E-state index is 0.0467. The lowest BCUT2D eigenvalue weighted by molar-refractivity contribution is 0.0952. The van der Waals surface area contributed by atoms with E-state index in [9.17, 15) is 4.79 Å². The Labute approximate surface area is 163 Å². The summed E-state index contributed by atoms with van der Waals surface area (Å²) in [6.45, 7) is 0.497. The Bertz CT molecular complexity index is 1070. The Kier molecular flexibility index (Phi) is 4.95. The van der Waals surface area contributed by atoms with Gasteiger partial charge < -0.3 is 10.3 Å². The van der Waals surface area contributed by atoms with Crippen molar-refractivity contribution in [2.75, 3.05) is 6.54 Å². The molecule has 4 aromatic rings. The van der Waals surface area contributed by atoms with Gasteiger partial charge in [0.05, 0.1) is 0 Å². The first kappa shape index (κ1) is 17.4. The molecule has 2 N–H and O–H groups in total. The van der Waals surface area contributed by atoms with E-state index in [1.807, 2.05) is 36.5 Å². The highest BCUT2D eigenvalue weighted by molar-refractivity contribution is 6.30. The summed E-state index contributed by atoms with van der Waals surface area (Å²) < 4.78 is 0. The molecule has 0 fully saturated rings. The molecule has 3 nitrogen and oxygen atoms in total. The molecule has 0 aliphatic carbocycles. The molecule has 0 spiro atoms. The van der Waals surface area contributed by atoms with Gasteiger partial charge in [0.2, 0.25) is 0 Å². The van der Waals surface area contributed by atoms with Gasteiger partial charge in [0.15, 0.2) is 0 Å². The fraction of sp³-hybridized carbons (Fsp3) is 0.0870. The third kappa shape index (κ3) is 3.74. The number of nitrogens with one attached hydrogen (secondary N) is 2. The monoisotopic (exact) mass is 374 g/mol. The maximum Gasteiger partial charge on any atom is 0.251 e. The number of carbonyl (C=O) groups is 1. The molecule has 4 heteroatoms. The summed E-state index contributed by atoms with van der Waals surface area (Å²) in [4.78, 5) is 15.9. The first-order chi connectivity index (χ1) is 13.2. The number of fused-ring (bicyclic) bond motifs is 1. The molecule has 0 saturated carbocycles. The highest BCUT2D eigenvalue weighted by atomic mass is 35.5. The average Bonchev–Trinajstić information content (AvgIpc) is 3.13. The minimum Gasteiger partial charge on any atom is -0.361 e. The van der Waals surface area contributed by atoms with Gasteiger partial charge in [-0.15, -0.1) is 0 Å². The van der Waals surface area contributed by atoms with Crippen LogP contribution in [0.25, 0.3) is 10.9 Å². The molecule has 134 valence electrons. The van der Waals surface area contributed by atoms with Gasteiger partial charge >= 0.3 is 0 Å². The number of carbonyl (C=O) groups excluding carboxylic acids is 1. The van der Waals surface area contributed by atoms with E-state index in [2.05, 4.69) is 34.6 Å². The fourth-order valence-corrected chi connectivity index (χ4v) is 3.59. The van der Waals surface area contributed by atoms with Crippen molar-refractivity contribution < 1.29 is 4.79 Å². The van der Waals surface area contributed by atoms with Crippen molar-refractivity contribution in [3.8, 4) is 0 Å². The highest BCUT2D eigenvalue weighted by Crippen LogP contribution is 2.30. The smallest absolute Gasteiger partial charge is 0.251 e. The highest BCUT2D eigenvalue weighted by Gasteiger charge is 2.19. The lowest BCUT2D eigenvalue weighted by Gasteiger charge is -2.18. The molecule has 1 atom stereocenters. The van der Waals surface area contributed by atoms with Crippen molar-refractivity contribution in [2.45, 2.75) is 5.92 Å². The molecule has 0 aliphatic heterocycles. The van der Waals surface area contributed by atoms with Crippen LogP contribution in [0.2, 0.25) is 5.02 Å². The first-order valence-electron chi connectivity index (χ1n) is 8.87. The normalized spacial score (nSPS) is 12.0. The second-order valence-electron chi connectivity index (χ2n) is 6.47. The van der Waals surface area contributed by atoms with Crippen molar-refractivity contribution in [1.82, 2.24) is 10.3 Å². The number of hydrogen-bond donors (Lipinski definition) is 2. The van der Waals surface area contributed by atoms with Crippen LogP contribution in [0.4, 0.5) is 0 Å². The molecular weight excluding hydrogens is 356 g/mol. The Hall–Kier alpha value is -3.04. The zero-order valence-corrected chi connectivity index (χ0v) is 15.4. The van der Waals surface area contributed by atoms with Gasteiger partial charge in [0.25, 0.3) is 5.91 Å². The molecule has 27 heavy (non-hydrogen) atoms. The Morgan fingerprint density at radius 1 is 0.963 bits per heavy atom. The zero-order valence-electron chi connectivity index (χ0n) is 14.7. The summed E-state index contributed by atoms with van der Waals surface area (Å²) in [7, 11) is 0. The quantitative estimate of drug-likeness (QED) is 0.483. The topological polar surface area (TPSA) is 44.9 Å². The molecule has 1 aromatic heterocycles. The van der Waals surface area contributed by atoms with Crippen molar-refractivity contribution in [1.29, 1.82) is 0 Å². The first-order valence-corrected chi connectivity index (χ1v) is 9.25. The van der Waals surface area contributed by atoms with E-state index in [1.54, 1.807) is 24.3 Å². The maximum atomic E-state index is 12.6. The van der Waals surface area contributed by atoms with E-state index >= 15 is 0 Å². The predicted molar refractivity (Wildman–Crippen MR) is 110 cm³/mol. The second kappa shape index (κ2) is 7.68. The molecule has 1 heterocycles. The number of rotatable bonds is 5. The summed E-state index contributed by atoms with van der Waals surface area (Å²) in [5.74, 6) is -0.0799. The van der Waals surface area contributed by atoms with E-state index in [4.69, 9.17) is 11.6 Å². The number of para-hydroxylation sites is 1. The lowest BCUT2D eigenvalue weighted by Crippen LogP contribution is -2.28. The molecular formula is C23H19ClN2O. The lowest BCUT2D eigenvalue weighted by atomic mass is 9.91. The Balaban J connectivity index is 1.64.